The summed E-state index contributed by atoms with van der Waals surface area (Å²) in [5.41, 5.74) is 6.41. The number of anilines is 3. The number of ether oxygens (including phenoxy) is 1. The molecular weight excluding hydrogens is 492 g/mol. The molecule has 8 heteroatoms. The van der Waals surface area contributed by atoms with E-state index in [0.29, 0.717) is 18.7 Å². The highest BCUT2D eigenvalue weighted by Crippen LogP contribution is 2.34. The Morgan fingerprint density at radius 3 is 2.51 bits per heavy atom. The van der Waals surface area contributed by atoms with Crippen LogP contribution in [0.4, 0.5) is 21.9 Å². The standard InChI is InChI=1S/C31H36N4O4/c1-20-6-5-7-23(16-20)32-28-18-24(33-26-8-3-4-9-27(26)34-31(37)38)17-22-14-15-35(30(36)29(22)28)19-21-10-12-25(39-2)13-11-21/h5-7,10-13,16-18,26-27,32-34H,3-4,8-9,14-15,19H2,1-2H3,(H,37,38). The van der Waals surface area contributed by atoms with Gasteiger partial charge in [-0.15, -0.1) is 0 Å². The number of methoxy groups -OCH3 is 1. The van der Waals surface area contributed by atoms with Gasteiger partial charge in [0.05, 0.1) is 24.4 Å². The van der Waals surface area contributed by atoms with Crippen LogP contribution < -0.4 is 20.7 Å². The van der Waals surface area contributed by atoms with Gasteiger partial charge in [0.15, 0.2) is 0 Å². The number of amides is 2. The number of fused-ring (bicyclic) bond motifs is 1. The van der Waals surface area contributed by atoms with Crippen molar-refractivity contribution in [1.29, 1.82) is 0 Å². The van der Waals surface area contributed by atoms with E-state index in [1.165, 1.54) is 0 Å². The molecule has 8 nitrogen and oxygen atoms in total. The summed E-state index contributed by atoms with van der Waals surface area (Å²) < 4.78 is 5.27. The molecule has 4 N–H and O–H groups in total. The van der Waals surface area contributed by atoms with E-state index >= 15 is 0 Å². The molecule has 2 amide bonds. The second-order valence-electron chi connectivity index (χ2n) is 10.5. The molecule has 2 atom stereocenters. The first-order valence-electron chi connectivity index (χ1n) is 13.6. The predicted octanol–water partition coefficient (Wildman–Crippen LogP) is 5.94. The number of carbonyl (C=O) groups is 2. The Labute approximate surface area is 229 Å². The van der Waals surface area contributed by atoms with Gasteiger partial charge in [0.2, 0.25) is 0 Å². The van der Waals surface area contributed by atoms with Crippen molar-refractivity contribution in [3.05, 3.63) is 82.9 Å². The maximum Gasteiger partial charge on any atom is 0.404 e. The van der Waals surface area contributed by atoms with Gasteiger partial charge in [0.1, 0.15) is 5.75 Å². The molecule has 0 saturated heterocycles. The SMILES string of the molecule is COc1ccc(CN2CCc3cc(NC4CCCCC4NC(=O)O)cc(Nc4cccc(C)c4)c3C2=O)cc1. The van der Waals surface area contributed by atoms with Crippen LogP contribution in [0.5, 0.6) is 5.75 Å². The molecule has 204 valence electrons. The third kappa shape index (κ3) is 6.28. The van der Waals surface area contributed by atoms with Gasteiger partial charge < -0.3 is 30.7 Å². The lowest BCUT2D eigenvalue weighted by Crippen LogP contribution is -2.48. The summed E-state index contributed by atoms with van der Waals surface area (Å²) in [5, 5.41) is 19.1. The van der Waals surface area contributed by atoms with Crippen LogP contribution in [0, 0.1) is 6.92 Å². The van der Waals surface area contributed by atoms with Gasteiger partial charge in [-0.05, 0) is 79.3 Å². The van der Waals surface area contributed by atoms with E-state index in [-0.39, 0.29) is 18.0 Å². The van der Waals surface area contributed by atoms with Crippen LogP contribution in [0.1, 0.15) is 52.7 Å². The summed E-state index contributed by atoms with van der Waals surface area (Å²) in [5.74, 6) is 0.786. The minimum atomic E-state index is -0.997. The second kappa shape index (κ2) is 11.7. The van der Waals surface area contributed by atoms with Crippen molar-refractivity contribution in [2.24, 2.45) is 0 Å². The molecule has 39 heavy (non-hydrogen) atoms. The number of nitrogens with zero attached hydrogens (tertiary/aromatic N) is 1. The summed E-state index contributed by atoms with van der Waals surface area (Å²) in [7, 11) is 1.64. The normalized spacial score (nSPS) is 18.7. The lowest BCUT2D eigenvalue weighted by Gasteiger charge is -2.34. The summed E-state index contributed by atoms with van der Waals surface area (Å²) in [6.45, 7) is 3.19. The molecule has 1 aliphatic carbocycles. The number of nitrogens with one attached hydrogen (secondary N) is 3. The molecule has 5 rings (SSSR count). The van der Waals surface area contributed by atoms with Gasteiger partial charge in [-0.3, -0.25) is 4.79 Å². The lowest BCUT2D eigenvalue weighted by atomic mass is 9.89. The molecule has 2 aliphatic rings. The first-order chi connectivity index (χ1) is 18.9. The fourth-order valence-electron chi connectivity index (χ4n) is 5.68. The van der Waals surface area contributed by atoms with Gasteiger partial charge >= 0.3 is 6.09 Å². The van der Waals surface area contributed by atoms with Gasteiger partial charge in [-0.25, -0.2) is 4.79 Å². The van der Waals surface area contributed by atoms with Crippen molar-refractivity contribution in [2.75, 3.05) is 24.3 Å². The van der Waals surface area contributed by atoms with Crippen molar-refractivity contribution in [3.8, 4) is 5.75 Å². The number of hydrogen-bond acceptors (Lipinski definition) is 5. The third-order valence-corrected chi connectivity index (χ3v) is 7.63. The van der Waals surface area contributed by atoms with E-state index in [0.717, 1.165) is 71.6 Å². The highest BCUT2D eigenvalue weighted by Gasteiger charge is 2.30. The zero-order valence-electron chi connectivity index (χ0n) is 22.5. The van der Waals surface area contributed by atoms with Crippen LogP contribution >= 0.6 is 0 Å². The highest BCUT2D eigenvalue weighted by atomic mass is 16.5. The van der Waals surface area contributed by atoms with E-state index in [4.69, 9.17) is 4.74 Å². The second-order valence-corrected chi connectivity index (χ2v) is 10.5. The number of carbonyl (C=O) groups excluding carboxylic acids is 1. The molecule has 0 radical (unpaired) electrons. The van der Waals surface area contributed by atoms with E-state index in [1.807, 2.05) is 60.4 Å². The first kappa shape index (κ1) is 26.4. The number of benzene rings is 3. The average Bonchev–Trinajstić information content (AvgIpc) is 2.91. The van der Waals surface area contributed by atoms with Crippen LogP contribution in [0.15, 0.2) is 60.7 Å². The van der Waals surface area contributed by atoms with Crippen LogP contribution in [0.3, 0.4) is 0 Å². The number of aryl methyl sites for hydroxylation is 1. The quantitative estimate of drug-likeness (QED) is 0.289. The monoisotopic (exact) mass is 528 g/mol. The zero-order chi connectivity index (χ0) is 27.4. The fraction of sp³-hybridized carbons (Fsp3) is 0.355. The van der Waals surface area contributed by atoms with Crippen LogP contribution in [-0.2, 0) is 13.0 Å². The molecule has 1 fully saturated rings. The fourth-order valence-corrected chi connectivity index (χ4v) is 5.68. The average molecular weight is 529 g/mol. The molecule has 1 aliphatic heterocycles. The zero-order valence-corrected chi connectivity index (χ0v) is 22.5. The van der Waals surface area contributed by atoms with Gasteiger partial charge in [-0.2, -0.15) is 0 Å². The maximum absolute atomic E-state index is 13.9. The first-order valence-corrected chi connectivity index (χ1v) is 13.6. The third-order valence-electron chi connectivity index (χ3n) is 7.63. The predicted molar refractivity (Wildman–Crippen MR) is 153 cm³/mol. The Morgan fingerprint density at radius 1 is 1.03 bits per heavy atom. The van der Waals surface area contributed by atoms with Crippen LogP contribution in [0.2, 0.25) is 0 Å². The van der Waals surface area contributed by atoms with Crippen molar-refractivity contribution < 1.29 is 19.4 Å². The summed E-state index contributed by atoms with van der Waals surface area (Å²) in [4.78, 5) is 27.1. The minimum Gasteiger partial charge on any atom is -0.497 e. The summed E-state index contributed by atoms with van der Waals surface area (Å²) in [6.07, 6.45) is 3.49. The minimum absolute atomic E-state index is 0.00291. The number of carboxylic acid groups (broad SMARTS) is 1. The Bertz CT molecular complexity index is 1340. The van der Waals surface area contributed by atoms with E-state index in [2.05, 4.69) is 28.1 Å². The molecule has 0 aromatic heterocycles. The van der Waals surface area contributed by atoms with Crippen LogP contribution in [-0.4, -0.2) is 47.7 Å². The highest BCUT2D eigenvalue weighted by molar-refractivity contribution is 6.03. The van der Waals surface area contributed by atoms with E-state index in [1.54, 1.807) is 7.11 Å². The Hall–Kier alpha value is -4.20. The number of rotatable bonds is 8. The molecule has 0 spiro atoms. The Kier molecular flexibility index (Phi) is 7.91. The van der Waals surface area contributed by atoms with Gasteiger partial charge in [-0.1, -0.05) is 37.1 Å². The topological polar surface area (TPSA) is 103 Å². The van der Waals surface area contributed by atoms with Crippen molar-refractivity contribution in [2.45, 2.75) is 57.7 Å². The smallest absolute Gasteiger partial charge is 0.404 e. The summed E-state index contributed by atoms with van der Waals surface area (Å²) in [6, 6.07) is 19.8. The molecular formula is C31H36N4O4. The molecule has 0 bridgehead atoms. The van der Waals surface area contributed by atoms with Crippen molar-refractivity contribution in [1.82, 2.24) is 10.2 Å². The molecule has 1 saturated carbocycles. The Balaban J connectivity index is 1.45. The van der Waals surface area contributed by atoms with Crippen LogP contribution in [0.25, 0.3) is 0 Å². The summed E-state index contributed by atoms with van der Waals surface area (Å²) >= 11 is 0. The van der Waals surface area contributed by atoms with Gasteiger partial charge in [0.25, 0.3) is 5.91 Å². The van der Waals surface area contributed by atoms with E-state index < -0.39 is 6.09 Å². The van der Waals surface area contributed by atoms with Crippen molar-refractivity contribution >= 4 is 29.1 Å². The largest absolute Gasteiger partial charge is 0.497 e. The Morgan fingerprint density at radius 2 is 1.79 bits per heavy atom. The number of hydrogen-bond donors (Lipinski definition) is 4. The molecule has 2 unspecified atom stereocenters. The lowest BCUT2D eigenvalue weighted by molar-refractivity contribution is 0.0728. The van der Waals surface area contributed by atoms with E-state index in [9.17, 15) is 14.7 Å². The molecule has 1 heterocycles. The molecule has 3 aromatic rings. The maximum atomic E-state index is 13.9. The van der Waals surface area contributed by atoms with Gasteiger partial charge in [0, 0.05) is 30.5 Å². The van der Waals surface area contributed by atoms with Crippen molar-refractivity contribution in [3.63, 3.8) is 0 Å². The molecule has 3 aromatic carbocycles.